The van der Waals surface area contributed by atoms with Gasteiger partial charge in [-0.05, 0) is 30.7 Å². The molecule has 0 spiro atoms. The number of nitrogens with zero attached hydrogens (tertiary/aromatic N) is 3. The number of rotatable bonds is 3. The third-order valence-electron chi connectivity index (χ3n) is 3.16. The third-order valence-corrected chi connectivity index (χ3v) is 3.16. The van der Waals surface area contributed by atoms with Crippen molar-refractivity contribution in [2.45, 2.75) is 20.0 Å². The topological polar surface area (TPSA) is 22.8 Å². The van der Waals surface area contributed by atoms with Crippen LogP contribution in [0, 0.1) is 6.92 Å². The molecule has 2 heterocycles. The highest BCUT2D eigenvalue weighted by Crippen LogP contribution is 2.19. The monoisotopic (exact) mass is 225 g/mol. The largest absolute Gasteiger partial charge is 0.346 e. The summed E-state index contributed by atoms with van der Waals surface area (Å²) in [6.45, 7) is 4.01. The smallest absolute Gasteiger partial charge is 0.0588 e. The quantitative estimate of drug-likeness (QED) is 0.672. The molecule has 0 aliphatic rings. The molecule has 0 amide bonds. The van der Waals surface area contributed by atoms with E-state index < -0.39 is 0 Å². The van der Waals surface area contributed by atoms with Crippen LogP contribution < -0.4 is 0 Å². The Balaban J connectivity index is 1.88. The standard InChI is InChI=1S/C14H15N3/c1-12-4-2-5-14-13(12)6-9-16(14)10-11-17-8-3-7-15-17/h2-9H,10-11H2,1H3. The summed E-state index contributed by atoms with van der Waals surface area (Å²) in [4.78, 5) is 0. The van der Waals surface area contributed by atoms with E-state index in [9.17, 15) is 0 Å². The van der Waals surface area contributed by atoms with Gasteiger partial charge < -0.3 is 4.57 Å². The second-order valence-electron chi connectivity index (χ2n) is 4.29. The molecule has 3 aromatic rings. The van der Waals surface area contributed by atoms with Crippen molar-refractivity contribution in [1.29, 1.82) is 0 Å². The molecule has 17 heavy (non-hydrogen) atoms. The molecule has 0 bridgehead atoms. The zero-order valence-corrected chi connectivity index (χ0v) is 9.87. The molecule has 0 saturated carbocycles. The Kier molecular flexibility index (Phi) is 2.44. The van der Waals surface area contributed by atoms with Gasteiger partial charge in [-0.1, -0.05) is 12.1 Å². The summed E-state index contributed by atoms with van der Waals surface area (Å²) in [5.74, 6) is 0. The van der Waals surface area contributed by atoms with Crippen molar-refractivity contribution < 1.29 is 0 Å². The molecule has 1 aromatic carbocycles. The SMILES string of the molecule is Cc1cccc2c1ccn2CCn1cccn1. The average molecular weight is 225 g/mol. The molecule has 0 radical (unpaired) electrons. The van der Waals surface area contributed by atoms with E-state index >= 15 is 0 Å². The van der Waals surface area contributed by atoms with E-state index in [1.54, 1.807) is 0 Å². The van der Waals surface area contributed by atoms with Gasteiger partial charge in [0.2, 0.25) is 0 Å². The lowest BCUT2D eigenvalue weighted by Crippen LogP contribution is -2.06. The fourth-order valence-electron chi connectivity index (χ4n) is 2.22. The Morgan fingerprint density at radius 1 is 1.06 bits per heavy atom. The van der Waals surface area contributed by atoms with Crippen LogP contribution in [0.1, 0.15) is 5.56 Å². The van der Waals surface area contributed by atoms with Crippen LogP contribution in [-0.4, -0.2) is 14.3 Å². The molecule has 86 valence electrons. The maximum absolute atomic E-state index is 4.22. The van der Waals surface area contributed by atoms with Gasteiger partial charge in [0.05, 0.1) is 6.54 Å². The van der Waals surface area contributed by atoms with Crippen molar-refractivity contribution in [2.75, 3.05) is 0 Å². The predicted molar refractivity (Wildman–Crippen MR) is 68.9 cm³/mol. The number of fused-ring (bicyclic) bond motifs is 1. The fraction of sp³-hybridized carbons (Fsp3) is 0.214. The summed E-state index contributed by atoms with van der Waals surface area (Å²) in [7, 11) is 0. The molecule has 0 N–H and O–H groups in total. The summed E-state index contributed by atoms with van der Waals surface area (Å²) >= 11 is 0. The van der Waals surface area contributed by atoms with E-state index in [2.05, 4.69) is 47.1 Å². The molecule has 0 saturated heterocycles. The van der Waals surface area contributed by atoms with E-state index in [4.69, 9.17) is 0 Å². The number of aromatic nitrogens is 3. The zero-order valence-electron chi connectivity index (χ0n) is 9.87. The third kappa shape index (κ3) is 1.84. The highest BCUT2D eigenvalue weighted by atomic mass is 15.3. The molecule has 0 atom stereocenters. The predicted octanol–water partition coefficient (Wildman–Crippen LogP) is 2.85. The molecule has 0 aliphatic heterocycles. The van der Waals surface area contributed by atoms with Crippen LogP contribution in [-0.2, 0) is 13.1 Å². The summed E-state index contributed by atoms with van der Waals surface area (Å²) in [5, 5.41) is 5.56. The number of hydrogen-bond acceptors (Lipinski definition) is 1. The first-order valence-corrected chi connectivity index (χ1v) is 5.86. The van der Waals surface area contributed by atoms with Gasteiger partial charge in [0.15, 0.2) is 0 Å². The molecule has 0 unspecified atom stereocenters. The Labute approximate surface area is 100 Å². The Morgan fingerprint density at radius 2 is 2.00 bits per heavy atom. The molecule has 3 nitrogen and oxygen atoms in total. The van der Waals surface area contributed by atoms with Crippen molar-refractivity contribution in [3.63, 3.8) is 0 Å². The van der Waals surface area contributed by atoms with Gasteiger partial charge in [0.25, 0.3) is 0 Å². The minimum atomic E-state index is 0.907. The van der Waals surface area contributed by atoms with Crippen LogP contribution in [0.25, 0.3) is 10.9 Å². The van der Waals surface area contributed by atoms with Gasteiger partial charge >= 0.3 is 0 Å². The van der Waals surface area contributed by atoms with Crippen LogP contribution in [0.5, 0.6) is 0 Å². The van der Waals surface area contributed by atoms with Crippen LogP contribution >= 0.6 is 0 Å². The van der Waals surface area contributed by atoms with E-state index in [0.29, 0.717) is 0 Å². The Morgan fingerprint density at radius 3 is 2.82 bits per heavy atom. The maximum Gasteiger partial charge on any atom is 0.0588 e. The first kappa shape index (κ1) is 10.1. The van der Waals surface area contributed by atoms with Crippen LogP contribution in [0.2, 0.25) is 0 Å². The highest BCUT2D eigenvalue weighted by Gasteiger charge is 2.02. The van der Waals surface area contributed by atoms with Gasteiger partial charge in [0, 0.05) is 36.0 Å². The van der Waals surface area contributed by atoms with Crippen molar-refractivity contribution in [1.82, 2.24) is 14.3 Å². The molecule has 3 rings (SSSR count). The molecule has 2 aromatic heterocycles. The molecule has 3 heteroatoms. The van der Waals surface area contributed by atoms with Gasteiger partial charge in [-0.25, -0.2) is 0 Å². The van der Waals surface area contributed by atoms with Gasteiger partial charge in [-0.2, -0.15) is 5.10 Å². The Hall–Kier alpha value is -2.03. The van der Waals surface area contributed by atoms with E-state index in [1.165, 1.54) is 16.5 Å². The van der Waals surface area contributed by atoms with Crippen LogP contribution in [0.4, 0.5) is 0 Å². The summed E-state index contributed by atoms with van der Waals surface area (Å²) in [5.41, 5.74) is 2.64. The lowest BCUT2D eigenvalue weighted by Gasteiger charge is -2.06. The molecule has 0 fully saturated rings. The Bertz CT molecular complexity index is 620. The minimum Gasteiger partial charge on any atom is -0.346 e. The summed E-state index contributed by atoms with van der Waals surface area (Å²) in [6.07, 6.45) is 5.97. The lowest BCUT2D eigenvalue weighted by atomic mass is 10.1. The zero-order chi connectivity index (χ0) is 11.7. The van der Waals surface area contributed by atoms with Crippen molar-refractivity contribution in [3.05, 3.63) is 54.5 Å². The number of aryl methyl sites for hydroxylation is 3. The van der Waals surface area contributed by atoms with E-state index in [1.807, 2.05) is 23.1 Å². The molecular formula is C14H15N3. The molecule has 0 aliphatic carbocycles. The van der Waals surface area contributed by atoms with Gasteiger partial charge in [0.1, 0.15) is 0 Å². The van der Waals surface area contributed by atoms with Crippen LogP contribution in [0.15, 0.2) is 48.9 Å². The van der Waals surface area contributed by atoms with E-state index in [0.717, 1.165) is 13.1 Å². The van der Waals surface area contributed by atoms with Gasteiger partial charge in [-0.3, -0.25) is 4.68 Å². The molecular weight excluding hydrogens is 210 g/mol. The fourth-order valence-corrected chi connectivity index (χ4v) is 2.22. The summed E-state index contributed by atoms with van der Waals surface area (Å²) < 4.78 is 4.24. The second-order valence-corrected chi connectivity index (χ2v) is 4.29. The average Bonchev–Trinajstić information content (AvgIpc) is 2.95. The number of hydrogen-bond donors (Lipinski definition) is 0. The maximum atomic E-state index is 4.22. The van der Waals surface area contributed by atoms with E-state index in [-0.39, 0.29) is 0 Å². The highest BCUT2D eigenvalue weighted by molar-refractivity contribution is 5.83. The first-order valence-electron chi connectivity index (χ1n) is 5.86. The first-order chi connectivity index (χ1) is 8.34. The normalized spacial score (nSPS) is 11.1. The minimum absolute atomic E-state index is 0.907. The summed E-state index contributed by atoms with van der Waals surface area (Å²) in [6, 6.07) is 10.6. The van der Waals surface area contributed by atoms with Crippen molar-refractivity contribution >= 4 is 10.9 Å². The van der Waals surface area contributed by atoms with Crippen molar-refractivity contribution in [3.8, 4) is 0 Å². The number of benzene rings is 1. The van der Waals surface area contributed by atoms with Gasteiger partial charge in [-0.15, -0.1) is 0 Å². The lowest BCUT2D eigenvalue weighted by molar-refractivity contribution is 0.543. The second kappa shape index (κ2) is 4.09. The van der Waals surface area contributed by atoms with Crippen LogP contribution in [0.3, 0.4) is 0 Å². The van der Waals surface area contributed by atoms with Crippen molar-refractivity contribution in [2.24, 2.45) is 0 Å².